The predicted molar refractivity (Wildman–Crippen MR) is 89.5 cm³/mol. The lowest BCUT2D eigenvalue weighted by atomic mass is 10.2. The lowest BCUT2D eigenvalue weighted by molar-refractivity contribution is -0.116. The number of carbonyl (C=O) groups excluding carboxylic acids is 1. The maximum atomic E-state index is 12.3. The SMILES string of the molecule is COc1cc(OC)c(NC(=O)C[C@@H](C)n2ccc(C)n2)cc1Cl. The van der Waals surface area contributed by atoms with E-state index in [0.29, 0.717) is 22.2 Å². The average Bonchev–Trinajstić information content (AvgIpc) is 2.94. The Bertz CT molecular complexity index is 700. The molecule has 1 N–H and O–H groups in total. The number of ether oxygens (including phenoxy) is 2. The molecule has 1 aromatic heterocycles. The molecule has 0 saturated heterocycles. The Kier molecular flexibility index (Phi) is 5.50. The molecule has 2 rings (SSSR count). The van der Waals surface area contributed by atoms with Crippen LogP contribution in [0.25, 0.3) is 0 Å². The molecule has 0 aliphatic rings. The number of hydrogen-bond donors (Lipinski definition) is 1. The average molecular weight is 338 g/mol. The fourth-order valence-corrected chi connectivity index (χ4v) is 2.44. The molecule has 1 aromatic carbocycles. The quantitative estimate of drug-likeness (QED) is 0.876. The zero-order chi connectivity index (χ0) is 17.0. The molecule has 0 saturated carbocycles. The van der Waals surface area contributed by atoms with Crippen molar-refractivity contribution in [1.82, 2.24) is 9.78 Å². The van der Waals surface area contributed by atoms with Crippen LogP contribution in [0.4, 0.5) is 5.69 Å². The van der Waals surface area contributed by atoms with Crippen LogP contribution in [0.1, 0.15) is 25.1 Å². The van der Waals surface area contributed by atoms with E-state index >= 15 is 0 Å². The van der Waals surface area contributed by atoms with Crippen molar-refractivity contribution in [3.8, 4) is 11.5 Å². The summed E-state index contributed by atoms with van der Waals surface area (Å²) in [5.74, 6) is 0.828. The summed E-state index contributed by atoms with van der Waals surface area (Å²) >= 11 is 6.10. The minimum absolute atomic E-state index is 0.0524. The van der Waals surface area contributed by atoms with E-state index in [1.807, 2.05) is 26.1 Å². The van der Waals surface area contributed by atoms with E-state index in [1.54, 1.807) is 16.8 Å². The topological polar surface area (TPSA) is 65.4 Å². The fraction of sp³-hybridized carbons (Fsp3) is 0.375. The number of aromatic nitrogens is 2. The molecule has 0 unspecified atom stereocenters. The second-order valence-corrected chi connectivity index (χ2v) is 5.63. The van der Waals surface area contributed by atoms with Crippen molar-refractivity contribution in [3.05, 3.63) is 35.1 Å². The fourth-order valence-electron chi connectivity index (χ4n) is 2.20. The van der Waals surface area contributed by atoms with E-state index in [-0.39, 0.29) is 18.4 Å². The van der Waals surface area contributed by atoms with Gasteiger partial charge in [0.1, 0.15) is 11.5 Å². The van der Waals surface area contributed by atoms with E-state index in [9.17, 15) is 4.79 Å². The highest BCUT2D eigenvalue weighted by Crippen LogP contribution is 2.36. The van der Waals surface area contributed by atoms with Crippen molar-refractivity contribution in [1.29, 1.82) is 0 Å². The Morgan fingerprint density at radius 2 is 2.04 bits per heavy atom. The lowest BCUT2D eigenvalue weighted by Crippen LogP contribution is -2.18. The normalized spacial score (nSPS) is 11.9. The van der Waals surface area contributed by atoms with Gasteiger partial charge in [0, 0.05) is 18.7 Å². The first-order valence-corrected chi connectivity index (χ1v) is 7.55. The van der Waals surface area contributed by atoms with Crippen LogP contribution in [0.15, 0.2) is 24.4 Å². The molecule has 7 heteroatoms. The van der Waals surface area contributed by atoms with Crippen LogP contribution in [0.3, 0.4) is 0 Å². The Morgan fingerprint density at radius 3 is 2.61 bits per heavy atom. The maximum Gasteiger partial charge on any atom is 0.226 e. The summed E-state index contributed by atoms with van der Waals surface area (Å²) in [4.78, 5) is 12.3. The third-order valence-electron chi connectivity index (χ3n) is 3.42. The van der Waals surface area contributed by atoms with Gasteiger partial charge in [-0.05, 0) is 26.0 Å². The highest BCUT2D eigenvalue weighted by atomic mass is 35.5. The van der Waals surface area contributed by atoms with Crippen LogP contribution >= 0.6 is 11.6 Å². The molecule has 1 atom stereocenters. The van der Waals surface area contributed by atoms with Crippen molar-refractivity contribution in [2.75, 3.05) is 19.5 Å². The van der Waals surface area contributed by atoms with Crippen molar-refractivity contribution >= 4 is 23.2 Å². The van der Waals surface area contributed by atoms with Crippen LogP contribution in [-0.2, 0) is 4.79 Å². The van der Waals surface area contributed by atoms with Crippen LogP contribution in [0, 0.1) is 6.92 Å². The minimum Gasteiger partial charge on any atom is -0.495 e. The number of aryl methyl sites for hydroxylation is 1. The van der Waals surface area contributed by atoms with Crippen molar-refractivity contribution in [3.63, 3.8) is 0 Å². The number of benzene rings is 1. The van der Waals surface area contributed by atoms with E-state index in [1.165, 1.54) is 14.2 Å². The molecule has 0 aliphatic heterocycles. The van der Waals surface area contributed by atoms with Crippen molar-refractivity contribution < 1.29 is 14.3 Å². The molecular formula is C16H20ClN3O3. The highest BCUT2D eigenvalue weighted by molar-refractivity contribution is 6.32. The third-order valence-corrected chi connectivity index (χ3v) is 3.72. The first kappa shape index (κ1) is 17.1. The number of carbonyl (C=O) groups is 1. The molecule has 0 bridgehead atoms. The number of amides is 1. The zero-order valence-corrected chi connectivity index (χ0v) is 14.3. The van der Waals surface area contributed by atoms with E-state index in [2.05, 4.69) is 10.4 Å². The van der Waals surface area contributed by atoms with Gasteiger partial charge in [-0.2, -0.15) is 5.10 Å². The van der Waals surface area contributed by atoms with Gasteiger partial charge in [0.2, 0.25) is 5.91 Å². The number of nitrogens with zero attached hydrogens (tertiary/aromatic N) is 2. The Morgan fingerprint density at radius 1 is 1.35 bits per heavy atom. The molecule has 1 amide bonds. The summed E-state index contributed by atoms with van der Waals surface area (Å²) < 4.78 is 12.2. The molecule has 0 spiro atoms. The Balaban J connectivity index is 2.09. The number of hydrogen-bond acceptors (Lipinski definition) is 4. The molecule has 23 heavy (non-hydrogen) atoms. The monoisotopic (exact) mass is 337 g/mol. The van der Waals surface area contributed by atoms with Crippen molar-refractivity contribution in [2.45, 2.75) is 26.3 Å². The summed E-state index contributed by atoms with van der Waals surface area (Å²) in [6.45, 7) is 3.85. The second kappa shape index (κ2) is 7.37. The first-order valence-electron chi connectivity index (χ1n) is 7.17. The summed E-state index contributed by atoms with van der Waals surface area (Å²) in [6, 6.07) is 5.10. The van der Waals surface area contributed by atoms with Crippen LogP contribution in [0.5, 0.6) is 11.5 Å². The summed E-state index contributed by atoms with van der Waals surface area (Å²) in [6.07, 6.45) is 2.14. The zero-order valence-electron chi connectivity index (χ0n) is 13.6. The van der Waals surface area contributed by atoms with Gasteiger partial charge in [-0.25, -0.2) is 0 Å². The van der Waals surface area contributed by atoms with Gasteiger partial charge in [0.25, 0.3) is 0 Å². The minimum atomic E-state index is -0.148. The van der Waals surface area contributed by atoms with Crippen LogP contribution < -0.4 is 14.8 Å². The van der Waals surface area contributed by atoms with Gasteiger partial charge >= 0.3 is 0 Å². The van der Waals surface area contributed by atoms with Gasteiger partial charge in [-0.15, -0.1) is 0 Å². The van der Waals surface area contributed by atoms with E-state index < -0.39 is 0 Å². The summed E-state index contributed by atoms with van der Waals surface area (Å²) in [7, 11) is 3.04. The molecule has 0 fully saturated rings. The maximum absolute atomic E-state index is 12.3. The van der Waals surface area contributed by atoms with Crippen LogP contribution in [-0.4, -0.2) is 29.9 Å². The molecule has 124 valence electrons. The standard InChI is InChI=1S/C16H20ClN3O3/c1-10-5-6-20(19-10)11(2)7-16(21)18-13-8-12(17)14(22-3)9-15(13)23-4/h5-6,8-9,11H,7H2,1-4H3,(H,18,21)/t11-/m1/s1. The number of halogens is 1. The number of anilines is 1. The third kappa shape index (κ3) is 4.16. The van der Waals surface area contributed by atoms with E-state index in [4.69, 9.17) is 21.1 Å². The van der Waals surface area contributed by atoms with Gasteiger partial charge in [0.15, 0.2) is 0 Å². The van der Waals surface area contributed by atoms with Crippen LogP contribution in [0.2, 0.25) is 5.02 Å². The number of rotatable bonds is 6. The second-order valence-electron chi connectivity index (χ2n) is 5.23. The molecule has 6 nitrogen and oxygen atoms in total. The number of nitrogens with one attached hydrogen (secondary N) is 1. The van der Waals surface area contributed by atoms with Gasteiger partial charge in [0.05, 0.1) is 36.7 Å². The summed E-state index contributed by atoms with van der Waals surface area (Å²) in [5, 5.41) is 7.53. The number of methoxy groups -OCH3 is 2. The Hall–Kier alpha value is -2.21. The predicted octanol–water partition coefficient (Wildman–Crippen LogP) is 3.45. The van der Waals surface area contributed by atoms with Crippen molar-refractivity contribution in [2.24, 2.45) is 0 Å². The molecule has 1 heterocycles. The summed E-state index contributed by atoms with van der Waals surface area (Å²) in [5.41, 5.74) is 1.42. The highest BCUT2D eigenvalue weighted by Gasteiger charge is 2.15. The van der Waals surface area contributed by atoms with E-state index in [0.717, 1.165) is 5.69 Å². The smallest absolute Gasteiger partial charge is 0.226 e. The lowest BCUT2D eigenvalue weighted by Gasteiger charge is -2.15. The molecule has 0 aliphatic carbocycles. The first-order chi connectivity index (χ1) is 10.9. The van der Waals surface area contributed by atoms with Gasteiger partial charge in [-0.3, -0.25) is 9.48 Å². The molecule has 2 aromatic rings. The molecular weight excluding hydrogens is 318 g/mol. The Labute approximate surface area is 140 Å². The largest absolute Gasteiger partial charge is 0.495 e. The molecule has 0 radical (unpaired) electrons. The van der Waals surface area contributed by atoms with Gasteiger partial charge in [-0.1, -0.05) is 11.6 Å². The van der Waals surface area contributed by atoms with Gasteiger partial charge < -0.3 is 14.8 Å².